The molecular weight excluding hydrogens is 480 g/mol. The molecule has 7 heteroatoms. The lowest BCUT2D eigenvalue weighted by atomic mass is 10.0. The standard InChI is InChI=1S/C16H16N2O.C14H18N2OS/c1-13-6-5-9-15(10-13)12-17-18-16(19)11-14-7-3-2-4-8-14;1-9-6-7-18-12(9)8-15-16-14(17)13-10-4-2-3-5-11(10)13/h2-10,12H,11H2,1H3,(H,18,19);6-8,10-11,13H,2-5H2,1H3,(H,16,17)/b17-12+;15-8+. The minimum atomic E-state index is -0.116. The summed E-state index contributed by atoms with van der Waals surface area (Å²) in [7, 11) is 0. The van der Waals surface area contributed by atoms with Gasteiger partial charge in [-0.15, -0.1) is 11.3 Å². The molecule has 2 saturated carbocycles. The Kier molecular flexibility index (Phi) is 9.38. The molecule has 0 radical (unpaired) electrons. The zero-order valence-electron chi connectivity index (χ0n) is 21.4. The number of amides is 2. The Balaban J connectivity index is 0.000000173. The highest BCUT2D eigenvalue weighted by Gasteiger charge is 2.54. The number of carbonyl (C=O) groups excluding carboxylic acids is 2. The number of nitrogens with zero attached hydrogens (tertiary/aromatic N) is 2. The number of rotatable bonds is 7. The molecule has 0 bridgehead atoms. The van der Waals surface area contributed by atoms with Gasteiger partial charge in [0.2, 0.25) is 11.8 Å². The molecule has 0 aliphatic heterocycles. The second-order valence-electron chi connectivity index (χ2n) is 9.71. The highest BCUT2D eigenvalue weighted by atomic mass is 32.1. The number of hydrogen-bond acceptors (Lipinski definition) is 5. The van der Waals surface area contributed by atoms with Gasteiger partial charge in [0.05, 0.1) is 18.9 Å². The van der Waals surface area contributed by atoms with E-state index in [0.29, 0.717) is 18.3 Å². The summed E-state index contributed by atoms with van der Waals surface area (Å²) in [6, 6.07) is 19.6. The number of thiophene rings is 1. The summed E-state index contributed by atoms with van der Waals surface area (Å²) in [4.78, 5) is 24.7. The summed E-state index contributed by atoms with van der Waals surface area (Å²) in [5.41, 5.74) is 9.56. The Morgan fingerprint density at radius 2 is 1.65 bits per heavy atom. The van der Waals surface area contributed by atoms with Crippen molar-refractivity contribution in [2.24, 2.45) is 28.0 Å². The molecule has 6 nitrogen and oxygen atoms in total. The molecule has 2 amide bonds. The van der Waals surface area contributed by atoms with Gasteiger partial charge in [-0.3, -0.25) is 9.59 Å². The topological polar surface area (TPSA) is 82.9 Å². The quantitative estimate of drug-likeness (QED) is 0.316. The van der Waals surface area contributed by atoms with E-state index in [1.165, 1.54) is 36.8 Å². The third kappa shape index (κ3) is 7.95. The molecule has 2 unspecified atom stereocenters. The van der Waals surface area contributed by atoms with Crippen molar-refractivity contribution in [3.8, 4) is 0 Å². The summed E-state index contributed by atoms with van der Waals surface area (Å²) in [5, 5.41) is 10.1. The van der Waals surface area contributed by atoms with Crippen molar-refractivity contribution in [1.29, 1.82) is 0 Å². The van der Waals surface area contributed by atoms with Crippen LogP contribution in [0.15, 0.2) is 76.2 Å². The predicted molar refractivity (Wildman–Crippen MR) is 151 cm³/mol. The van der Waals surface area contributed by atoms with E-state index in [9.17, 15) is 9.59 Å². The number of aryl methyl sites for hydroxylation is 2. The van der Waals surface area contributed by atoms with E-state index in [4.69, 9.17) is 0 Å². The molecule has 3 aromatic rings. The summed E-state index contributed by atoms with van der Waals surface area (Å²) in [6.45, 7) is 4.07. The van der Waals surface area contributed by atoms with Crippen LogP contribution in [0.4, 0.5) is 0 Å². The number of hydrazone groups is 2. The summed E-state index contributed by atoms with van der Waals surface area (Å²) in [5.74, 6) is 1.55. The van der Waals surface area contributed by atoms with Crippen LogP contribution in [0.5, 0.6) is 0 Å². The Bertz CT molecular complexity index is 1240. The van der Waals surface area contributed by atoms with Gasteiger partial charge < -0.3 is 0 Å². The highest BCUT2D eigenvalue weighted by Crippen LogP contribution is 2.55. The van der Waals surface area contributed by atoms with Gasteiger partial charge in [0.15, 0.2) is 0 Å². The maximum atomic E-state index is 12.0. The third-order valence-electron chi connectivity index (χ3n) is 6.87. The van der Waals surface area contributed by atoms with Crippen LogP contribution in [-0.2, 0) is 16.0 Å². The fraction of sp³-hybridized carbons (Fsp3) is 0.333. The summed E-state index contributed by atoms with van der Waals surface area (Å²) >= 11 is 1.64. The van der Waals surface area contributed by atoms with Gasteiger partial charge in [0, 0.05) is 10.8 Å². The zero-order valence-corrected chi connectivity index (χ0v) is 22.2. The third-order valence-corrected chi connectivity index (χ3v) is 7.82. The maximum absolute atomic E-state index is 12.0. The SMILES string of the molecule is Cc1cccc(/C=N/NC(=O)Cc2ccccc2)c1.Cc1ccsc1/C=N/NC(=O)C1C2CCCCC21. The molecule has 2 fully saturated rings. The van der Waals surface area contributed by atoms with E-state index in [0.717, 1.165) is 16.0 Å². The second-order valence-corrected chi connectivity index (χ2v) is 10.7. The molecular formula is C30H34N4O2S. The number of fused-ring (bicyclic) bond motifs is 1. The fourth-order valence-corrected chi connectivity index (χ4v) is 5.66. The second kappa shape index (κ2) is 13.1. The van der Waals surface area contributed by atoms with Gasteiger partial charge in [0.1, 0.15) is 0 Å². The van der Waals surface area contributed by atoms with Crippen LogP contribution in [0.25, 0.3) is 0 Å². The van der Waals surface area contributed by atoms with Crippen LogP contribution in [0, 0.1) is 31.6 Å². The number of carbonyl (C=O) groups is 2. The highest BCUT2D eigenvalue weighted by molar-refractivity contribution is 7.11. The van der Waals surface area contributed by atoms with Crippen molar-refractivity contribution in [3.63, 3.8) is 0 Å². The molecule has 2 N–H and O–H groups in total. The molecule has 2 aliphatic rings. The Morgan fingerprint density at radius 3 is 2.32 bits per heavy atom. The molecule has 2 aliphatic carbocycles. The molecule has 2 aromatic carbocycles. The molecule has 0 saturated heterocycles. The van der Waals surface area contributed by atoms with Crippen molar-refractivity contribution in [2.45, 2.75) is 46.0 Å². The average molecular weight is 515 g/mol. The van der Waals surface area contributed by atoms with Crippen molar-refractivity contribution in [1.82, 2.24) is 10.9 Å². The lowest BCUT2D eigenvalue weighted by Crippen LogP contribution is -2.20. The van der Waals surface area contributed by atoms with Crippen molar-refractivity contribution in [2.75, 3.05) is 0 Å². The molecule has 1 aromatic heterocycles. The van der Waals surface area contributed by atoms with Crippen LogP contribution in [0.1, 0.15) is 52.8 Å². The molecule has 192 valence electrons. The van der Waals surface area contributed by atoms with E-state index in [1.54, 1.807) is 23.8 Å². The molecule has 0 spiro atoms. The average Bonchev–Trinajstić information content (AvgIpc) is 3.50. The largest absolute Gasteiger partial charge is 0.273 e. The lowest BCUT2D eigenvalue weighted by molar-refractivity contribution is -0.123. The molecule has 37 heavy (non-hydrogen) atoms. The van der Waals surface area contributed by atoms with Crippen LogP contribution in [0.2, 0.25) is 0 Å². The van der Waals surface area contributed by atoms with E-state index >= 15 is 0 Å². The van der Waals surface area contributed by atoms with Crippen LogP contribution in [-0.4, -0.2) is 24.2 Å². The van der Waals surface area contributed by atoms with Crippen LogP contribution >= 0.6 is 11.3 Å². The van der Waals surface area contributed by atoms with E-state index in [1.807, 2.05) is 66.9 Å². The normalized spacial score (nSPS) is 20.1. The first-order valence-electron chi connectivity index (χ1n) is 12.8. The first kappa shape index (κ1) is 26.5. The summed E-state index contributed by atoms with van der Waals surface area (Å²) in [6.07, 6.45) is 8.80. The number of nitrogens with one attached hydrogen (secondary N) is 2. The first-order chi connectivity index (χ1) is 18.0. The van der Waals surface area contributed by atoms with Crippen molar-refractivity contribution in [3.05, 3.63) is 93.2 Å². The minimum absolute atomic E-state index is 0.116. The van der Waals surface area contributed by atoms with Gasteiger partial charge >= 0.3 is 0 Å². The maximum Gasteiger partial charge on any atom is 0.244 e. The van der Waals surface area contributed by atoms with Gasteiger partial charge in [-0.1, -0.05) is 73.0 Å². The van der Waals surface area contributed by atoms with Gasteiger partial charge in [-0.05, 0) is 66.7 Å². The molecule has 2 atom stereocenters. The molecule has 1 heterocycles. The van der Waals surface area contributed by atoms with Crippen molar-refractivity contribution >= 4 is 35.6 Å². The van der Waals surface area contributed by atoms with Gasteiger partial charge in [-0.2, -0.15) is 10.2 Å². The lowest BCUT2D eigenvalue weighted by Gasteiger charge is -2.04. The van der Waals surface area contributed by atoms with Gasteiger partial charge in [0.25, 0.3) is 0 Å². The van der Waals surface area contributed by atoms with Gasteiger partial charge in [-0.25, -0.2) is 10.9 Å². The molecule has 5 rings (SSSR count). The van der Waals surface area contributed by atoms with Crippen molar-refractivity contribution < 1.29 is 9.59 Å². The van der Waals surface area contributed by atoms with Crippen LogP contribution < -0.4 is 10.9 Å². The minimum Gasteiger partial charge on any atom is -0.273 e. The Labute approximate surface area is 222 Å². The number of benzene rings is 2. The Hall–Kier alpha value is -3.58. The Morgan fingerprint density at radius 1 is 0.919 bits per heavy atom. The van der Waals surface area contributed by atoms with Crippen LogP contribution in [0.3, 0.4) is 0 Å². The summed E-state index contributed by atoms with van der Waals surface area (Å²) < 4.78 is 0. The smallest absolute Gasteiger partial charge is 0.244 e. The monoisotopic (exact) mass is 514 g/mol. The number of hydrogen-bond donors (Lipinski definition) is 2. The van der Waals surface area contributed by atoms with E-state index in [-0.39, 0.29) is 17.7 Å². The fourth-order valence-electron chi connectivity index (χ4n) is 4.88. The zero-order chi connectivity index (χ0) is 26.0. The van der Waals surface area contributed by atoms with E-state index in [2.05, 4.69) is 34.0 Å². The predicted octanol–water partition coefficient (Wildman–Crippen LogP) is 5.63. The first-order valence-corrected chi connectivity index (χ1v) is 13.7. The van der Waals surface area contributed by atoms with E-state index < -0.39 is 0 Å².